The van der Waals surface area contributed by atoms with E-state index >= 15 is 0 Å². The summed E-state index contributed by atoms with van der Waals surface area (Å²) >= 11 is 13.6. The van der Waals surface area contributed by atoms with E-state index in [9.17, 15) is 8.42 Å². The first-order chi connectivity index (χ1) is 8.34. The van der Waals surface area contributed by atoms with Crippen molar-refractivity contribution in [3.63, 3.8) is 0 Å². The SMILES string of the molecule is Cc1cc(S(=O)(=O)N2CCSC2C)c(Cl)cc1Cl. The van der Waals surface area contributed by atoms with Gasteiger partial charge in [-0.15, -0.1) is 11.8 Å². The summed E-state index contributed by atoms with van der Waals surface area (Å²) in [6, 6.07) is 3.02. The van der Waals surface area contributed by atoms with Crippen molar-refractivity contribution in [1.29, 1.82) is 0 Å². The third kappa shape index (κ3) is 2.51. The summed E-state index contributed by atoms with van der Waals surface area (Å²) in [7, 11) is -3.54. The first-order valence-corrected chi connectivity index (χ1v) is 8.67. The van der Waals surface area contributed by atoms with Gasteiger partial charge in [-0.25, -0.2) is 8.42 Å². The highest BCUT2D eigenvalue weighted by atomic mass is 35.5. The zero-order chi connectivity index (χ0) is 13.5. The number of rotatable bonds is 2. The van der Waals surface area contributed by atoms with E-state index < -0.39 is 10.0 Å². The molecule has 1 aromatic carbocycles. The minimum absolute atomic E-state index is 0.0537. The van der Waals surface area contributed by atoms with Gasteiger partial charge in [-0.1, -0.05) is 23.2 Å². The smallest absolute Gasteiger partial charge is 0.207 e. The summed E-state index contributed by atoms with van der Waals surface area (Å²) in [6.07, 6.45) is 0. The second-order valence-corrected chi connectivity index (χ2v) is 8.21. The van der Waals surface area contributed by atoms with E-state index in [1.165, 1.54) is 16.4 Å². The number of benzene rings is 1. The molecule has 1 atom stereocenters. The Morgan fingerprint density at radius 1 is 1.33 bits per heavy atom. The van der Waals surface area contributed by atoms with E-state index in [4.69, 9.17) is 23.2 Å². The lowest BCUT2D eigenvalue weighted by molar-refractivity contribution is 0.442. The number of hydrogen-bond acceptors (Lipinski definition) is 3. The van der Waals surface area contributed by atoms with E-state index in [0.29, 0.717) is 17.1 Å². The summed E-state index contributed by atoms with van der Waals surface area (Å²) in [5, 5.41) is 0.597. The summed E-state index contributed by atoms with van der Waals surface area (Å²) in [5.74, 6) is 0.810. The molecule has 0 aromatic heterocycles. The fourth-order valence-electron chi connectivity index (χ4n) is 1.85. The molecular formula is C11H13Cl2NO2S2. The number of halogens is 2. The summed E-state index contributed by atoms with van der Waals surface area (Å²) < 4.78 is 26.5. The molecule has 1 saturated heterocycles. The standard InChI is InChI=1S/C11H13Cl2NO2S2/c1-7-5-11(10(13)6-9(7)12)18(15,16)14-3-4-17-8(14)2/h5-6,8H,3-4H2,1-2H3. The van der Waals surface area contributed by atoms with Crippen molar-refractivity contribution in [2.45, 2.75) is 24.1 Å². The van der Waals surface area contributed by atoms with Crippen LogP contribution in [0.1, 0.15) is 12.5 Å². The van der Waals surface area contributed by atoms with Gasteiger partial charge in [0.05, 0.1) is 10.4 Å². The number of aryl methyl sites for hydroxylation is 1. The molecule has 0 bridgehead atoms. The van der Waals surface area contributed by atoms with Gasteiger partial charge in [0, 0.05) is 17.3 Å². The van der Waals surface area contributed by atoms with Gasteiger partial charge in [-0.2, -0.15) is 4.31 Å². The molecule has 0 radical (unpaired) electrons. The van der Waals surface area contributed by atoms with Crippen LogP contribution in [0.2, 0.25) is 10.0 Å². The van der Waals surface area contributed by atoms with Crippen molar-refractivity contribution in [3.05, 3.63) is 27.7 Å². The first kappa shape index (κ1) is 14.5. The molecule has 1 aliphatic heterocycles. The van der Waals surface area contributed by atoms with E-state index in [1.807, 2.05) is 6.92 Å². The maximum absolute atomic E-state index is 12.5. The van der Waals surface area contributed by atoms with E-state index in [0.717, 1.165) is 5.75 Å². The van der Waals surface area contributed by atoms with Crippen LogP contribution in [0.4, 0.5) is 0 Å². The topological polar surface area (TPSA) is 37.4 Å². The van der Waals surface area contributed by atoms with Crippen LogP contribution in [0.5, 0.6) is 0 Å². The highest BCUT2D eigenvalue weighted by molar-refractivity contribution is 8.01. The van der Waals surface area contributed by atoms with Crippen molar-refractivity contribution >= 4 is 45.0 Å². The Labute approximate surface area is 122 Å². The molecule has 1 aliphatic rings. The quantitative estimate of drug-likeness (QED) is 0.836. The van der Waals surface area contributed by atoms with Gasteiger partial charge in [-0.3, -0.25) is 0 Å². The van der Waals surface area contributed by atoms with Crippen LogP contribution in [0.25, 0.3) is 0 Å². The molecule has 0 saturated carbocycles. The van der Waals surface area contributed by atoms with Crippen LogP contribution < -0.4 is 0 Å². The number of thioether (sulfide) groups is 1. The van der Waals surface area contributed by atoms with Crippen LogP contribution in [0.3, 0.4) is 0 Å². The Bertz CT molecular complexity index is 575. The van der Waals surface area contributed by atoms with Crippen LogP contribution in [0.15, 0.2) is 17.0 Å². The van der Waals surface area contributed by atoms with Gasteiger partial charge in [0.1, 0.15) is 4.90 Å². The molecule has 1 unspecified atom stereocenters. The fourth-order valence-corrected chi connectivity index (χ4v) is 5.68. The molecule has 2 rings (SSSR count). The summed E-state index contributed by atoms with van der Waals surface area (Å²) in [4.78, 5) is 0.139. The third-order valence-corrected chi connectivity index (χ3v) is 7.01. The van der Waals surface area contributed by atoms with Crippen molar-refractivity contribution in [2.75, 3.05) is 12.3 Å². The molecule has 100 valence electrons. The molecule has 0 amide bonds. The van der Waals surface area contributed by atoms with Crippen LogP contribution in [-0.2, 0) is 10.0 Å². The van der Waals surface area contributed by atoms with E-state index in [-0.39, 0.29) is 15.3 Å². The average Bonchev–Trinajstić information content (AvgIpc) is 2.70. The maximum atomic E-state index is 12.5. The molecule has 1 fully saturated rings. The van der Waals surface area contributed by atoms with Gasteiger partial charge in [-0.05, 0) is 31.5 Å². The molecule has 18 heavy (non-hydrogen) atoms. The molecule has 1 aromatic rings. The molecule has 3 nitrogen and oxygen atoms in total. The minimum Gasteiger partial charge on any atom is -0.207 e. The normalized spacial score (nSPS) is 21.4. The lowest BCUT2D eigenvalue weighted by Crippen LogP contribution is -2.33. The molecule has 0 spiro atoms. The summed E-state index contributed by atoms with van der Waals surface area (Å²) in [6.45, 7) is 4.16. The predicted octanol–water partition coefficient (Wildman–Crippen LogP) is 3.39. The van der Waals surface area contributed by atoms with Crippen LogP contribution in [-0.4, -0.2) is 30.4 Å². The Morgan fingerprint density at radius 2 is 2.00 bits per heavy atom. The molecule has 7 heteroatoms. The van der Waals surface area contributed by atoms with Crippen molar-refractivity contribution < 1.29 is 8.42 Å². The molecule has 0 aliphatic carbocycles. The predicted molar refractivity (Wildman–Crippen MR) is 77.0 cm³/mol. The highest BCUT2D eigenvalue weighted by Crippen LogP contribution is 2.34. The highest BCUT2D eigenvalue weighted by Gasteiger charge is 2.34. The van der Waals surface area contributed by atoms with Gasteiger partial charge < -0.3 is 0 Å². The fraction of sp³-hybridized carbons (Fsp3) is 0.455. The Kier molecular flexibility index (Phi) is 4.19. The molecular weight excluding hydrogens is 313 g/mol. The third-order valence-electron chi connectivity index (χ3n) is 2.88. The second kappa shape index (κ2) is 5.21. The maximum Gasteiger partial charge on any atom is 0.245 e. The van der Waals surface area contributed by atoms with Gasteiger partial charge in [0.15, 0.2) is 0 Å². The average molecular weight is 326 g/mol. The van der Waals surface area contributed by atoms with Gasteiger partial charge >= 0.3 is 0 Å². The number of hydrogen-bond donors (Lipinski definition) is 0. The van der Waals surface area contributed by atoms with E-state index in [1.54, 1.807) is 18.7 Å². The summed E-state index contributed by atoms with van der Waals surface area (Å²) in [5.41, 5.74) is 0.708. The van der Waals surface area contributed by atoms with Crippen molar-refractivity contribution in [1.82, 2.24) is 4.31 Å². The lowest BCUT2D eigenvalue weighted by Gasteiger charge is -2.21. The van der Waals surface area contributed by atoms with Crippen molar-refractivity contribution in [2.24, 2.45) is 0 Å². The minimum atomic E-state index is -3.54. The Hall–Kier alpha value is 0.0600. The van der Waals surface area contributed by atoms with Gasteiger partial charge in [0.25, 0.3) is 0 Å². The van der Waals surface area contributed by atoms with E-state index in [2.05, 4.69) is 0 Å². The van der Waals surface area contributed by atoms with Gasteiger partial charge in [0.2, 0.25) is 10.0 Å². The Morgan fingerprint density at radius 3 is 2.56 bits per heavy atom. The zero-order valence-corrected chi connectivity index (χ0v) is 13.1. The zero-order valence-electron chi connectivity index (χ0n) is 9.98. The lowest BCUT2D eigenvalue weighted by atomic mass is 10.2. The Balaban J connectivity index is 2.51. The monoisotopic (exact) mass is 325 g/mol. The molecule has 0 N–H and O–H groups in total. The number of sulfonamides is 1. The van der Waals surface area contributed by atoms with Crippen molar-refractivity contribution in [3.8, 4) is 0 Å². The second-order valence-electron chi connectivity index (χ2n) is 4.12. The number of nitrogens with zero attached hydrogens (tertiary/aromatic N) is 1. The van der Waals surface area contributed by atoms with Crippen LogP contribution >= 0.6 is 35.0 Å². The first-order valence-electron chi connectivity index (χ1n) is 5.43. The molecule has 1 heterocycles. The van der Waals surface area contributed by atoms with Crippen LogP contribution in [0, 0.1) is 6.92 Å². The largest absolute Gasteiger partial charge is 0.245 e.